The number of piperazine rings is 1. The van der Waals surface area contributed by atoms with Gasteiger partial charge >= 0.3 is 5.91 Å². The van der Waals surface area contributed by atoms with E-state index in [-0.39, 0.29) is 35.7 Å². The highest BCUT2D eigenvalue weighted by atomic mass is 16.4. The Morgan fingerprint density at radius 1 is 1.03 bits per heavy atom. The fourth-order valence-electron chi connectivity index (χ4n) is 5.49. The van der Waals surface area contributed by atoms with E-state index in [2.05, 4.69) is 15.3 Å². The SMILES string of the molecule is CC(C)(C)[C@H](NC(=O)c1cc2ccccc2[nH]1)C(=O)N1C[C@@H]2C[C@H]1CN2C(=O)c1nc2ccccc2o1. The Morgan fingerprint density at radius 3 is 2.43 bits per heavy atom. The first kappa shape index (κ1) is 23.3. The van der Waals surface area contributed by atoms with Crippen LogP contribution < -0.4 is 5.32 Å². The van der Waals surface area contributed by atoms with Crippen LogP contribution in [0.4, 0.5) is 0 Å². The van der Waals surface area contributed by atoms with Gasteiger partial charge in [-0.3, -0.25) is 14.4 Å². The predicted octanol–water partition coefficient (Wildman–Crippen LogP) is 3.58. The van der Waals surface area contributed by atoms with Crippen molar-refractivity contribution in [2.45, 2.75) is 45.3 Å². The number of benzene rings is 2. The predicted molar refractivity (Wildman–Crippen MR) is 138 cm³/mol. The van der Waals surface area contributed by atoms with E-state index in [1.54, 1.807) is 17.0 Å². The number of aromatic amines is 1. The average molecular weight is 500 g/mol. The molecular formula is C28H29N5O4. The van der Waals surface area contributed by atoms with Crippen LogP contribution in [-0.4, -0.2) is 68.7 Å². The van der Waals surface area contributed by atoms with E-state index < -0.39 is 11.5 Å². The first-order valence-corrected chi connectivity index (χ1v) is 12.5. The minimum Gasteiger partial charge on any atom is -0.432 e. The Labute approximate surface area is 213 Å². The van der Waals surface area contributed by atoms with Crippen LogP contribution in [0.3, 0.4) is 0 Å². The van der Waals surface area contributed by atoms with Crippen molar-refractivity contribution < 1.29 is 18.8 Å². The molecule has 4 aromatic rings. The number of hydrogen-bond acceptors (Lipinski definition) is 5. The molecule has 2 aliphatic heterocycles. The molecule has 0 aliphatic carbocycles. The molecule has 3 atom stereocenters. The third-order valence-electron chi connectivity index (χ3n) is 7.42. The van der Waals surface area contributed by atoms with Gasteiger partial charge in [-0.05, 0) is 36.1 Å². The maximum absolute atomic E-state index is 13.8. The van der Waals surface area contributed by atoms with Gasteiger partial charge in [0.25, 0.3) is 11.8 Å². The van der Waals surface area contributed by atoms with Gasteiger partial charge in [0.2, 0.25) is 5.91 Å². The van der Waals surface area contributed by atoms with Crippen molar-refractivity contribution in [3.63, 3.8) is 0 Å². The van der Waals surface area contributed by atoms with Gasteiger partial charge in [0.15, 0.2) is 5.58 Å². The molecule has 0 spiro atoms. The van der Waals surface area contributed by atoms with Crippen LogP contribution in [-0.2, 0) is 4.79 Å². The van der Waals surface area contributed by atoms with Crippen molar-refractivity contribution in [1.82, 2.24) is 25.1 Å². The van der Waals surface area contributed by atoms with Crippen molar-refractivity contribution in [2.24, 2.45) is 5.41 Å². The lowest BCUT2D eigenvalue weighted by Gasteiger charge is -2.39. The Balaban J connectivity index is 1.17. The lowest BCUT2D eigenvalue weighted by molar-refractivity contribution is -0.138. The fraction of sp³-hybridized carbons (Fsp3) is 0.357. The number of para-hydroxylation sites is 3. The number of hydrogen-bond donors (Lipinski definition) is 2. The zero-order chi connectivity index (χ0) is 25.9. The fourth-order valence-corrected chi connectivity index (χ4v) is 5.49. The van der Waals surface area contributed by atoms with Crippen LogP contribution >= 0.6 is 0 Å². The molecule has 2 saturated heterocycles. The van der Waals surface area contributed by atoms with E-state index in [9.17, 15) is 14.4 Å². The molecule has 0 saturated carbocycles. The van der Waals surface area contributed by atoms with Gasteiger partial charge in [0.05, 0.1) is 12.1 Å². The highest BCUT2D eigenvalue weighted by Crippen LogP contribution is 2.34. The molecule has 0 unspecified atom stereocenters. The van der Waals surface area contributed by atoms with Crippen LogP contribution in [0.25, 0.3) is 22.0 Å². The molecule has 190 valence electrons. The lowest BCUT2D eigenvalue weighted by Crippen LogP contribution is -2.59. The summed E-state index contributed by atoms with van der Waals surface area (Å²) < 4.78 is 5.68. The summed E-state index contributed by atoms with van der Waals surface area (Å²) in [6.07, 6.45) is 0.699. The summed E-state index contributed by atoms with van der Waals surface area (Å²) in [4.78, 5) is 51.1. The number of fused-ring (bicyclic) bond motifs is 4. The van der Waals surface area contributed by atoms with Crippen LogP contribution in [0.1, 0.15) is 48.4 Å². The molecule has 6 rings (SSSR count). The number of aromatic nitrogens is 2. The van der Waals surface area contributed by atoms with E-state index in [1.807, 2.05) is 68.1 Å². The Hall–Kier alpha value is -4.14. The summed E-state index contributed by atoms with van der Waals surface area (Å²) in [5, 5.41) is 3.92. The maximum Gasteiger partial charge on any atom is 0.310 e. The number of carbonyl (C=O) groups excluding carboxylic acids is 3. The van der Waals surface area contributed by atoms with Crippen LogP contribution in [0.5, 0.6) is 0 Å². The summed E-state index contributed by atoms with van der Waals surface area (Å²) in [6.45, 7) is 6.67. The number of nitrogens with one attached hydrogen (secondary N) is 2. The van der Waals surface area contributed by atoms with E-state index in [1.165, 1.54) is 0 Å². The summed E-state index contributed by atoms with van der Waals surface area (Å²) >= 11 is 0. The van der Waals surface area contributed by atoms with Crippen molar-refractivity contribution in [3.8, 4) is 0 Å². The quantitative estimate of drug-likeness (QED) is 0.446. The molecule has 2 aromatic heterocycles. The third kappa shape index (κ3) is 4.04. The van der Waals surface area contributed by atoms with Crippen molar-refractivity contribution in [3.05, 3.63) is 66.2 Å². The van der Waals surface area contributed by atoms with Crippen molar-refractivity contribution in [2.75, 3.05) is 13.1 Å². The Bertz CT molecular complexity index is 1460. The molecule has 9 heteroatoms. The summed E-state index contributed by atoms with van der Waals surface area (Å²) in [5.74, 6) is -0.625. The molecule has 4 heterocycles. The lowest BCUT2D eigenvalue weighted by atomic mass is 9.85. The van der Waals surface area contributed by atoms with Crippen molar-refractivity contribution >= 4 is 39.7 Å². The zero-order valence-electron chi connectivity index (χ0n) is 21.0. The molecule has 2 fully saturated rings. The number of rotatable bonds is 4. The highest BCUT2D eigenvalue weighted by molar-refractivity contribution is 6.00. The monoisotopic (exact) mass is 499 g/mol. The van der Waals surface area contributed by atoms with Gasteiger partial charge < -0.3 is 24.5 Å². The van der Waals surface area contributed by atoms with Gasteiger partial charge in [-0.2, -0.15) is 0 Å². The second kappa shape index (κ2) is 8.47. The summed E-state index contributed by atoms with van der Waals surface area (Å²) in [6, 6.07) is 15.8. The van der Waals surface area contributed by atoms with E-state index in [4.69, 9.17) is 4.42 Å². The molecule has 9 nitrogen and oxygen atoms in total. The molecular weight excluding hydrogens is 470 g/mol. The third-order valence-corrected chi connectivity index (χ3v) is 7.42. The van der Waals surface area contributed by atoms with E-state index in [0.717, 1.165) is 10.9 Å². The minimum atomic E-state index is -0.716. The number of nitrogens with zero attached hydrogens (tertiary/aromatic N) is 3. The van der Waals surface area contributed by atoms with E-state index in [0.29, 0.717) is 36.3 Å². The standard InChI is InChI=1S/C28H29N5O4/c1-28(2,3)23(31-24(34)21-12-16-8-4-5-9-19(16)29-21)26(35)32-14-18-13-17(32)15-33(18)27(36)25-30-20-10-6-7-11-22(20)37-25/h4-12,17-18,23,29H,13-15H2,1-3H3,(H,31,34)/t17-,18-,23+/m0/s1. The number of carbonyl (C=O) groups is 3. The Morgan fingerprint density at radius 2 is 1.73 bits per heavy atom. The first-order valence-electron chi connectivity index (χ1n) is 12.5. The molecule has 2 bridgehead atoms. The molecule has 0 radical (unpaired) electrons. The van der Waals surface area contributed by atoms with Crippen LogP contribution in [0.2, 0.25) is 0 Å². The molecule has 3 amide bonds. The maximum atomic E-state index is 13.8. The molecule has 2 aliphatic rings. The Kier molecular flexibility index (Phi) is 5.33. The number of likely N-dealkylation sites (tertiary alicyclic amines) is 2. The first-order chi connectivity index (χ1) is 17.7. The molecule has 2 N–H and O–H groups in total. The van der Waals surface area contributed by atoms with Crippen molar-refractivity contribution in [1.29, 1.82) is 0 Å². The molecule has 37 heavy (non-hydrogen) atoms. The average Bonchev–Trinajstić information content (AvgIpc) is 3.66. The normalized spacial score (nSPS) is 20.1. The van der Waals surface area contributed by atoms with Gasteiger partial charge in [-0.15, -0.1) is 0 Å². The zero-order valence-corrected chi connectivity index (χ0v) is 21.0. The smallest absolute Gasteiger partial charge is 0.310 e. The topological polar surface area (TPSA) is 112 Å². The summed E-state index contributed by atoms with van der Waals surface area (Å²) in [5.41, 5.74) is 2.00. The number of amides is 3. The largest absolute Gasteiger partial charge is 0.432 e. The van der Waals surface area contributed by atoms with Gasteiger partial charge in [-0.1, -0.05) is 51.1 Å². The van der Waals surface area contributed by atoms with Gasteiger partial charge in [-0.25, -0.2) is 4.98 Å². The van der Waals surface area contributed by atoms with Crippen LogP contribution in [0.15, 0.2) is 59.0 Å². The number of H-pyrrole nitrogens is 1. The second-order valence-corrected chi connectivity index (χ2v) is 11.0. The van der Waals surface area contributed by atoms with Crippen LogP contribution in [0, 0.1) is 5.41 Å². The van der Waals surface area contributed by atoms with Gasteiger partial charge in [0.1, 0.15) is 17.3 Å². The second-order valence-electron chi connectivity index (χ2n) is 11.0. The minimum absolute atomic E-state index is 0.0739. The number of oxazole rings is 1. The van der Waals surface area contributed by atoms with Gasteiger partial charge in [0, 0.05) is 24.0 Å². The highest BCUT2D eigenvalue weighted by Gasteiger charge is 2.50. The summed E-state index contributed by atoms with van der Waals surface area (Å²) in [7, 11) is 0. The molecule has 2 aromatic carbocycles. The van der Waals surface area contributed by atoms with E-state index >= 15 is 0 Å².